The number of hydrogen-bond acceptors (Lipinski definition) is 5. The van der Waals surface area contributed by atoms with Gasteiger partial charge in [-0.2, -0.15) is 0 Å². The number of anilines is 1. The highest BCUT2D eigenvalue weighted by molar-refractivity contribution is 5.84. The van der Waals surface area contributed by atoms with E-state index in [1.54, 1.807) is 7.11 Å². The Morgan fingerprint density at radius 1 is 0.967 bits per heavy atom. The molecular formula is C24H34N2O4. The molecule has 0 aromatic heterocycles. The maximum absolute atomic E-state index is 12.5. The van der Waals surface area contributed by atoms with Gasteiger partial charge in [-0.25, -0.2) is 0 Å². The van der Waals surface area contributed by atoms with Gasteiger partial charge in [-0.3, -0.25) is 4.79 Å². The molecule has 0 saturated carbocycles. The van der Waals surface area contributed by atoms with E-state index in [1.165, 1.54) is 0 Å². The fourth-order valence-electron chi connectivity index (χ4n) is 2.84. The first-order valence-electron chi connectivity index (χ1n) is 10.6. The summed E-state index contributed by atoms with van der Waals surface area (Å²) in [6.07, 6.45) is 2.61. The fourth-order valence-corrected chi connectivity index (χ4v) is 2.84. The summed E-state index contributed by atoms with van der Waals surface area (Å²) in [4.78, 5) is 12.5. The second kappa shape index (κ2) is 12.6. The maximum Gasteiger partial charge on any atom is 0.242 e. The van der Waals surface area contributed by atoms with Crippen molar-refractivity contribution in [3.05, 3.63) is 48.0 Å². The van der Waals surface area contributed by atoms with Crippen molar-refractivity contribution in [3.63, 3.8) is 0 Å². The Morgan fingerprint density at radius 2 is 1.63 bits per heavy atom. The lowest BCUT2D eigenvalue weighted by atomic mass is 10.1. The van der Waals surface area contributed by atoms with Crippen molar-refractivity contribution in [1.29, 1.82) is 0 Å². The summed E-state index contributed by atoms with van der Waals surface area (Å²) in [5, 5.41) is 6.22. The number of methoxy groups -OCH3 is 1. The van der Waals surface area contributed by atoms with Gasteiger partial charge in [-0.15, -0.1) is 0 Å². The van der Waals surface area contributed by atoms with Gasteiger partial charge in [0.2, 0.25) is 5.91 Å². The van der Waals surface area contributed by atoms with Crippen LogP contribution < -0.4 is 24.8 Å². The molecule has 0 heterocycles. The average Bonchev–Trinajstić information content (AvgIpc) is 2.77. The third kappa shape index (κ3) is 7.50. The van der Waals surface area contributed by atoms with Gasteiger partial charge in [0, 0.05) is 18.3 Å². The van der Waals surface area contributed by atoms with E-state index >= 15 is 0 Å². The third-order valence-electron chi connectivity index (χ3n) is 4.52. The van der Waals surface area contributed by atoms with Crippen molar-refractivity contribution in [2.75, 3.05) is 32.2 Å². The Bertz CT molecular complexity index is 777. The molecule has 2 rings (SSSR count). The SMILES string of the molecule is CCCOc1ccc(NC(C)C(=O)NCCc2ccc(OC)cc2)cc1OCCC. The van der Waals surface area contributed by atoms with Crippen LogP contribution in [0.4, 0.5) is 5.69 Å². The molecule has 2 aromatic rings. The highest BCUT2D eigenvalue weighted by atomic mass is 16.5. The molecule has 0 aliphatic heterocycles. The summed E-state index contributed by atoms with van der Waals surface area (Å²) in [5.41, 5.74) is 1.97. The molecule has 1 atom stereocenters. The summed E-state index contributed by atoms with van der Waals surface area (Å²) in [6, 6.07) is 13.2. The third-order valence-corrected chi connectivity index (χ3v) is 4.52. The number of carbonyl (C=O) groups is 1. The van der Waals surface area contributed by atoms with Crippen molar-refractivity contribution < 1.29 is 19.0 Å². The van der Waals surface area contributed by atoms with Crippen LogP contribution in [0.2, 0.25) is 0 Å². The van der Waals surface area contributed by atoms with Crippen LogP contribution in [-0.2, 0) is 11.2 Å². The van der Waals surface area contributed by atoms with Gasteiger partial charge < -0.3 is 24.8 Å². The maximum atomic E-state index is 12.5. The van der Waals surface area contributed by atoms with Crippen molar-refractivity contribution in [2.45, 2.75) is 46.1 Å². The molecule has 0 bridgehead atoms. The van der Waals surface area contributed by atoms with E-state index in [1.807, 2.05) is 49.4 Å². The number of benzene rings is 2. The minimum absolute atomic E-state index is 0.0501. The van der Waals surface area contributed by atoms with Crippen molar-refractivity contribution >= 4 is 11.6 Å². The summed E-state index contributed by atoms with van der Waals surface area (Å²) in [6.45, 7) is 7.81. The molecule has 6 nitrogen and oxygen atoms in total. The van der Waals surface area contributed by atoms with Crippen LogP contribution in [0.1, 0.15) is 39.2 Å². The van der Waals surface area contributed by atoms with Gasteiger partial charge in [0.25, 0.3) is 0 Å². The molecular weight excluding hydrogens is 380 g/mol. The molecule has 6 heteroatoms. The van der Waals surface area contributed by atoms with E-state index < -0.39 is 0 Å². The number of amides is 1. The normalized spacial score (nSPS) is 11.5. The highest BCUT2D eigenvalue weighted by Gasteiger charge is 2.14. The summed E-state index contributed by atoms with van der Waals surface area (Å²) < 4.78 is 16.7. The number of carbonyl (C=O) groups excluding carboxylic acids is 1. The molecule has 1 amide bonds. The quantitative estimate of drug-likeness (QED) is 0.507. The molecule has 2 aromatic carbocycles. The minimum atomic E-state index is -0.373. The van der Waals surface area contributed by atoms with Crippen LogP contribution >= 0.6 is 0 Å². The molecule has 1 unspecified atom stereocenters. The Morgan fingerprint density at radius 3 is 2.27 bits per heavy atom. The van der Waals surface area contributed by atoms with E-state index in [2.05, 4.69) is 24.5 Å². The lowest BCUT2D eigenvalue weighted by molar-refractivity contribution is -0.121. The van der Waals surface area contributed by atoms with Crippen molar-refractivity contribution in [3.8, 4) is 17.2 Å². The lowest BCUT2D eigenvalue weighted by Gasteiger charge is -2.18. The van der Waals surface area contributed by atoms with Gasteiger partial charge in [0.05, 0.1) is 20.3 Å². The zero-order chi connectivity index (χ0) is 21.8. The van der Waals surface area contributed by atoms with E-state index in [0.29, 0.717) is 25.5 Å². The largest absolute Gasteiger partial charge is 0.497 e. The zero-order valence-corrected chi connectivity index (χ0v) is 18.5. The fraction of sp³-hybridized carbons (Fsp3) is 0.458. The van der Waals surface area contributed by atoms with Crippen LogP contribution in [-0.4, -0.2) is 38.8 Å². The molecule has 0 aliphatic carbocycles. The first-order valence-corrected chi connectivity index (χ1v) is 10.6. The minimum Gasteiger partial charge on any atom is -0.497 e. The zero-order valence-electron chi connectivity index (χ0n) is 18.5. The van der Waals surface area contributed by atoms with E-state index in [4.69, 9.17) is 14.2 Å². The molecule has 0 spiro atoms. The van der Waals surface area contributed by atoms with Gasteiger partial charge in [0.15, 0.2) is 11.5 Å². The molecule has 0 aliphatic rings. The van der Waals surface area contributed by atoms with E-state index in [0.717, 1.165) is 42.0 Å². The number of rotatable bonds is 13. The second-order valence-corrected chi connectivity index (χ2v) is 7.11. The number of hydrogen-bond donors (Lipinski definition) is 2. The van der Waals surface area contributed by atoms with E-state index in [-0.39, 0.29) is 11.9 Å². The highest BCUT2D eigenvalue weighted by Crippen LogP contribution is 2.31. The molecule has 0 radical (unpaired) electrons. The number of nitrogens with one attached hydrogen (secondary N) is 2. The summed E-state index contributed by atoms with van der Waals surface area (Å²) in [5.74, 6) is 2.20. The Kier molecular flexibility index (Phi) is 9.84. The Labute approximate surface area is 179 Å². The van der Waals surface area contributed by atoms with Crippen LogP contribution in [0.15, 0.2) is 42.5 Å². The molecule has 0 fully saturated rings. The number of ether oxygens (including phenoxy) is 3. The average molecular weight is 415 g/mol. The predicted octanol–water partition coefficient (Wildman–Crippen LogP) is 4.43. The van der Waals surface area contributed by atoms with Crippen LogP contribution in [0, 0.1) is 0 Å². The van der Waals surface area contributed by atoms with Crippen LogP contribution in [0.3, 0.4) is 0 Å². The van der Waals surface area contributed by atoms with Gasteiger partial charge in [0.1, 0.15) is 11.8 Å². The van der Waals surface area contributed by atoms with Gasteiger partial charge in [-0.1, -0.05) is 26.0 Å². The van der Waals surface area contributed by atoms with Gasteiger partial charge >= 0.3 is 0 Å². The Hall–Kier alpha value is -2.89. The first-order chi connectivity index (χ1) is 14.6. The van der Waals surface area contributed by atoms with Crippen LogP contribution in [0.5, 0.6) is 17.2 Å². The van der Waals surface area contributed by atoms with Gasteiger partial charge in [-0.05, 0) is 56.0 Å². The molecule has 164 valence electrons. The standard InChI is InChI=1S/C24H34N2O4/c1-5-15-29-22-12-9-20(17-23(22)30-16-6-2)26-18(3)24(27)25-14-13-19-7-10-21(28-4)11-8-19/h7-12,17-18,26H,5-6,13-16H2,1-4H3,(H,25,27). The van der Waals surface area contributed by atoms with Crippen molar-refractivity contribution in [1.82, 2.24) is 5.32 Å². The molecule has 0 saturated heterocycles. The monoisotopic (exact) mass is 414 g/mol. The summed E-state index contributed by atoms with van der Waals surface area (Å²) >= 11 is 0. The predicted molar refractivity (Wildman–Crippen MR) is 121 cm³/mol. The lowest BCUT2D eigenvalue weighted by Crippen LogP contribution is -2.38. The topological polar surface area (TPSA) is 68.8 Å². The first kappa shape index (κ1) is 23.4. The molecule has 2 N–H and O–H groups in total. The Balaban J connectivity index is 1.88. The molecule has 30 heavy (non-hydrogen) atoms. The smallest absolute Gasteiger partial charge is 0.242 e. The summed E-state index contributed by atoms with van der Waals surface area (Å²) in [7, 11) is 1.65. The van der Waals surface area contributed by atoms with Crippen LogP contribution in [0.25, 0.3) is 0 Å². The van der Waals surface area contributed by atoms with E-state index in [9.17, 15) is 4.79 Å². The second-order valence-electron chi connectivity index (χ2n) is 7.11. The van der Waals surface area contributed by atoms with Crippen molar-refractivity contribution in [2.24, 2.45) is 0 Å².